The molecule has 0 fully saturated rings. The molecule has 1 amide bonds. The molecule has 3 aromatic rings. The first kappa shape index (κ1) is 26.2. The van der Waals surface area contributed by atoms with E-state index in [9.17, 15) is 24.5 Å². The number of aliphatic hydroxyl groups is 1. The highest BCUT2D eigenvalue weighted by Gasteiger charge is 2.22. The van der Waals surface area contributed by atoms with E-state index in [0.29, 0.717) is 33.8 Å². The summed E-state index contributed by atoms with van der Waals surface area (Å²) in [7, 11) is 0. The fourth-order valence-corrected chi connectivity index (χ4v) is 3.87. The molecule has 0 saturated heterocycles. The van der Waals surface area contributed by atoms with Gasteiger partial charge in [-0.25, -0.2) is 0 Å². The second-order valence-electron chi connectivity index (χ2n) is 8.56. The van der Waals surface area contributed by atoms with Crippen molar-refractivity contribution in [3.63, 3.8) is 0 Å². The van der Waals surface area contributed by atoms with Crippen molar-refractivity contribution in [3.8, 4) is 11.5 Å². The van der Waals surface area contributed by atoms with E-state index < -0.39 is 29.3 Å². The number of amides is 1. The molecule has 2 N–H and O–H groups in total. The van der Waals surface area contributed by atoms with Crippen molar-refractivity contribution in [2.45, 2.75) is 18.9 Å². The summed E-state index contributed by atoms with van der Waals surface area (Å²) >= 11 is 0. The Morgan fingerprint density at radius 1 is 0.974 bits per heavy atom. The van der Waals surface area contributed by atoms with E-state index in [1.165, 1.54) is 30.3 Å². The number of nitro benzene ring substituents is 1. The Morgan fingerprint density at radius 2 is 1.66 bits per heavy atom. The smallest absolute Gasteiger partial charge is 0.269 e. The largest absolute Gasteiger partial charge is 0.454 e. The molecule has 0 aliphatic carbocycles. The van der Waals surface area contributed by atoms with Crippen LogP contribution in [-0.4, -0.2) is 46.9 Å². The van der Waals surface area contributed by atoms with Gasteiger partial charge in [-0.05, 0) is 41.3 Å². The number of hydrogen-bond donors (Lipinski definition) is 2. The van der Waals surface area contributed by atoms with Gasteiger partial charge in [0.2, 0.25) is 12.7 Å². The molecule has 38 heavy (non-hydrogen) atoms. The zero-order valence-corrected chi connectivity index (χ0v) is 20.2. The highest BCUT2D eigenvalue weighted by atomic mass is 16.7. The van der Waals surface area contributed by atoms with Crippen molar-refractivity contribution < 1.29 is 33.9 Å². The number of nitrogens with zero attached hydrogens (tertiary/aromatic N) is 1. The number of carbonyl (C=O) groups is 3. The van der Waals surface area contributed by atoms with Crippen molar-refractivity contribution in [3.05, 3.63) is 105 Å². The number of nitrogens with one attached hydrogen (secondary N) is 1. The molecule has 0 spiro atoms. The van der Waals surface area contributed by atoms with Gasteiger partial charge in [-0.1, -0.05) is 42.5 Å². The average Bonchev–Trinajstić information content (AvgIpc) is 3.40. The van der Waals surface area contributed by atoms with Gasteiger partial charge in [0, 0.05) is 30.2 Å². The number of non-ortho nitro benzene ring substituents is 1. The normalized spacial score (nSPS) is 12.8. The minimum absolute atomic E-state index is 0.0165. The number of benzene rings is 3. The molecule has 10 nitrogen and oxygen atoms in total. The summed E-state index contributed by atoms with van der Waals surface area (Å²) in [4.78, 5) is 48.1. The van der Waals surface area contributed by atoms with Crippen LogP contribution >= 0.6 is 0 Å². The fourth-order valence-electron chi connectivity index (χ4n) is 3.87. The Balaban J connectivity index is 1.48. The van der Waals surface area contributed by atoms with Crippen molar-refractivity contribution in [1.82, 2.24) is 5.32 Å². The van der Waals surface area contributed by atoms with Crippen LogP contribution in [0.15, 0.2) is 72.8 Å². The summed E-state index contributed by atoms with van der Waals surface area (Å²) in [6.45, 7) is -0.475. The molecule has 0 radical (unpaired) electrons. The molecule has 1 atom stereocenters. The lowest BCUT2D eigenvalue weighted by molar-refractivity contribution is -0.384. The first-order valence-corrected chi connectivity index (χ1v) is 11.7. The highest BCUT2D eigenvalue weighted by molar-refractivity contribution is 5.98. The van der Waals surface area contributed by atoms with Gasteiger partial charge in [-0.15, -0.1) is 0 Å². The summed E-state index contributed by atoms with van der Waals surface area (Å²) in [5.41, 5.74) is 2.22. The zero-order chi connectivity index (χ0) is 27.1. The Kier molecular flexibility index (Phi) is 8.24. The lowest BCUT2D eigenvalue weighted by Crippen LogP contribution is -2.42. The first-order chi connectivity index (χ1) is 18.3. The topological polar surface area (TPSA) is 145 Å². The molecule has 0 bridgehead atoms. The van der Waals surface area contributed by atoms with Crippen LogP contribution in [-0.2, 0) is 22.4 Å². The molecule has 1 aliphatic rings. The van der Waals surface area contributed by atoms with Gasteiger partial charge in [-0.2, -0.15) is 0 Å². The summed E-state index contributed by atoms with van der Waals surface area (Å²) in [5, 5.41) is 22.7. The number of Topliss-reactive ketones (excluding diaryl/α,β-unsaturated/α-hetero) is 2. The molecule has 0 saturated carbocycles. The number of aliphatic hydroxyl groups excluding tert-OH is 1. The summed E-state index contributed by atoms with van der Waals surface area (Å²) in [6, 6.07) is 16.4. The zero-order valence-electron chi connectivity index (χ0n) is 20.2. The number of ether oxygens (including phenoxy) is 2. The van der Waals surface area contributed by atoms with Crippen LogP contribution in [0.25, 0.3) is 6.08 Å². The molecule has 1 aliphatic heterocycles. The third-order valence-electron chi connectivity index (χ3n) is 5.91. The third kappa shape index (κ3) is 6.68. The quantitative estimate of drug-likeness (QED) is 0.171. The van der Waals surface area contributed by atoms with E-state index in [1.54, 1.807) is 48.5 Å². The second kappa shape index (κ2) is 11.9. The molecule has 10 heteroatoms. The van der Waals surface area contributed by atoms with Crippen LogP contribution < -0.4 is 14.8 Å². The van der Waals surface area contributed by atoms with Crippen LogP contribution in [0.3, 0.4) is 0 Å². The molecule has 0 aromatic heterocycles. The van der Waals surface area contributed by atoms with Crippen molar-refractivity contribution in [1.29, 1.82) is 0 Å². The molecule has 0 unspecified atom stereocenters. The summed E-state index contributed by atoms with van der Waals surface area (Å²) in [5.74, 6) is -0.0127. The maximum atomic E-state index is 13.2. The maximum Gasteiger partial charge on any atom is 0.269 e. The molecule has 1 heterocycles. The lowest BCUT2D eigenvalue weighted by atomic mass is 9.96. The number of nitro groups is 1. The molecule has 194 valence electrons. The number of rotatable bonds is 11. The molecule has 3 aromatic carbocycles. The van der Waals surface area contributed by atoms with Gasteiger partial charge in [0.1, 0.15) is 6.61 Å². The first-order valence-electron chi connectivity index (χ1n) is 11.7. The minimum Gasteiger partial charge on any atom is -0.454 e. The van der Waals surface area contributed by atoms with E-state index in [-0.39, 0.29) is 31.1 Å². The van der Waals surface area contributed by atoms with Gasteiger partial charge in [0.05, 0.1) is 11.0 Å². The van der Waals surface area contributed by atoms with Crippen molar-refractivity contribution >= 4 is 29.2 Å². The van der Waals surface area contributed by atoms with Gasteiger partial charge in [0.25, 0.3) is 5.69 Å². The lowest BCUT2D eigenvalue weighted by Gasteiger charge is -2.17. The average molecular weight is 517 g/mol. The van der Waals surface area contributed by atoms with E-state index in [2.05, 4.69) is 5.32 Å². The number of fused-ring (bicyclic) bond motifs is 1. The van der Waals surface area contributed by atoms with Crippen LogP contribution in [0.5, 0.6) is 11.5 Å². The Labute approximate surface area is 217 Å². The van der Waals surface area contributed by atoms with Gasteiger partial charge in [-0.3, -0.25) is 24.5 Å². The van der Waals surface area contributed by atoms with E-state index >= 15 is 0 Å². The highest BCUT2D eigenvalue weighted by Crippen LogP contribution is 2.32. The van der Waals surface area contributed by atoms with Crippen molar-refractivity contribution in [2.75, 3.05) is 13.4 Å². The molecular weight excluding hydrogens is 492 g/mol. The summed E-state index contributed by atoms with van der Waals surface area (Å²) in [6.07, 6.45) is 3.00. The fraction of sp³-hybridized carbons (Fsp3) is 0.179. The molecule has 4 rings (SSSR count). The predicted octanol–water partition coefficient (Wildman–Crippen LogP) is 3.05. The Morgan fingerprint density at radius 3 is 2.34 bits per heavy atom. The molecular formula is C28H24N2O8. The van der Waals surface area contributed by atoms with Gasteiger partial charge < -0.3 is 19.9 Å². The van der Waals surface area contributed by atoms with E-state index in [1.807, 2.05) is 0 Å². The maximum absolute atomic E-state index is 13.2. The SMILES string of the molecule is O=C(/C=C/c1ccc2c(c1)OCO2)N[C@@H](Cc1ccc([N+](=O)[O-])cc1)C(=O)Cc1ccc(C(=O)CO)cc1. The van der Waals surface area contributed by atoms with Crippen molar-refractivity contribution in [2.24, 2.45) is 0 Å². The number of carbonyl (C=O) groups excluding carboxylic acids is 3. The second-order valence-corrected chi connectivity index (χ2v) is 8.56. The van der Waals surface area contributed by atoms with E-state index in [0.717, 1.165) is 0 Å². The van der Waals surface area contributed by atoms with Crippen LogP contribution in [0.2, 0.25) is 0 Å². The van der Waals surface area contributed by atoms with Crippen LogP contribution in [0, 0.1) is 10.1 Å². The number of ketones is 2. The standard InChI is InChI=1S/C28H24N2O8/c31-16-25(33)21-7-1-19(2-8-21)14-24(32)23(13-18-3-9-22(10-4-18)30(35)36)29-28(34)12-6-20-5-11-26-27(15-20)38-17-37-26/h1-12,15,23,31H,13-14,16-17H2,(H,29,34)/b12-6+/t23-/m0/s1. The minimum atomic E-state index is -0.913. The van der Waals surface area contributed by atoms with E-state index in [4.69, 9.17) is 14.6 Å². The summed E-state index contributed by atoms with van der Waals surface area (Å²) < 4.78 is 10.6. The third-order valence-corrected chi connectivity index (χ3v) is 5.91. The van der Waals surface area contributed by atoms with Crippen LogP contribution in [0.1, 0.15) is 27.0 Å². The number of hydrogen-bond acceptors (Lipinski definition) is 8. The van der Waals surface area contributed by atoms with Crippen LogP contribution in [0.4, 0.5) is 5.69 Å². The Bertz CT molecular complexity index is 1380. The van der Waals surface area contributed by atoms with Gasteiger partial charge in [0.15, 0.2) is 23.1 Å². The predicted molar refractivity (Wildman–Crippen MR) is 137 cm³/mol. The Hall–Kier alpha value is -4.83. The monoisotopic (exact) mass is 516 g/mol. The van der Waals surface area contributed by atoms with Gasteiger partial charge >= 0.3 is 0 Å².